The SMILES string of the molecule is COc1ccc2c(c1)N(C)[C@@]1(N)C(=O)N(C3CCCCC3)C[C@]21Cc1ccccc1. The molecule has 2 heterocycles. The summed E-state index contributed by atoms with van der Waals surface area (Å²) in [5, 5.41) is 0. The van der Waals surface area contributed by atoms with Gasteiger partial charge in [-0.2, -0.15) is 0 Å². The summed E-state index contributed by atoms with van der Waals surface area (Å²) in [6, 6.07) is 16.9. The molecule has 2 fully saturated rings. The van der Waals surface area contributed by atoms with Crippen molar-refractivity contribution in [3.63, 3.8) is 0 Å². The molecule has 30 heavy (non-hydrogen) atoms. The summed E-state index contributed by atoms with van der Waals surface area (Å²) in [6.45, 7) is 0.672. The number of likely N-dealkylation sites (N-methyl/N-ethyl adjacent to an activating group) is 1. The minimum Gasteiger partial charge on any atom is -0.497 e. The van der Waals surface area contributed by atoms with E-state index in [1.165, 1.54) is 24.8 Å². The van der Waals surface area contributed by atoms with Crippen LogP contribution in [0.15, 0.2) is 48.5 Å². The van der Waals surface area contributed by atoms with Gasteiger partial charge in [0.05, 0.1) is 12.5 Å². The van der Waals surface area contributed by atoms with Crippen molar-refractivity contribution in [1.82, 2.24) is 4.90 Å². The topological polar surface area (TPSA) is 58.8 Å². The molecule has 1 saturated carbocycles. The Balaban J connectivity index is 1.65. The number of methoxy groups -OCH3 is 1. The van der Waals surface area contributed by atoms with Gasteiger partial charge in [0.1, 0.15) is 5.75 Å². The average Bonchev–Trinajstić information content (AvgIpc) is 3.12. The van der Waals surface area contributed by atoms with Crippen LogP contribution in [0.25, 0.3) is 0 Å². The Bertz CT molecular complexity index is 956. The zero-order valence-electron chi connectivity index (χ0n) is 17.9. The van der Waals surface area contributed by atoms with Crippen molar-refractivity contribution in [1.29, 1.82) is 0 Å². The lowest BCUT2D eigenvalue weighted by atomic mass is 9.70. The van der Waals surface area contributed by atoms with Crippen molar-refractivity contribution in [3.05, 3.63) is 59.7 Å². The zero-order valence-corrected chi connectivity index (χ0v) is 17.9. The monoisotopic (exact) mass is 405 g/mol. The molecular weight excluding hydrogens is 374 g/mol. The lowest BCUT2D eigenvalue weighted by Crippen LogP contribution is -2.66. The average molecular weight is 406 g/mol. The minimum atomic E-state index is -1.09. The van der Waals surface area contributed by atoms with Crippen LogP contribution in [0.1, 0.15) is 43.2 Å². The predicted octanol–water partition coefficient (Wildman–Crippen LogP) is 3.46. The highest BCUT2D eigenvalue weighted by atomic mass is 16.5. The van der Waals surface area contributed by atoms with Gasteiger partial charge < -0.3 is 14.5 Å². The second-order valence-electron chi connectivity index (χ2n) is 9.18. The lowest BCUT2D eigenvalue weighted by molar-refractivity contribution is -0.134. The summed E-state index contributed by atoms with van der Waals surface area (Å²) in [5.74, 6) is 0.860. The molecule has 0 spiro atoms. The standard InChI is InChI=1S/C25H31N3O2/c1-27-22-15-20(30-2)13-14-21(22)24(16-18-9-5-3-6-10-18)17-28(23(29)25(24,27)26)19-11-7-4-8-12-19/h3,5-6,9-10,13-15,19H,4,7-8,11-12,16-17,26H2,1-2H3/t24-,25+/m1/s1. The molecule has 2 aliphatic heterocycles. The zero-order chi connectivity index (χ0) is 20.9. The fourth-order valence-corrected chi connectivity index (χ4v) is 6.09. The molecule has 5 nitrogen and oxygen atoms in total. The number of ether oxygens (including phenoxy) is 1. The maximum atomic E-state index is 14.0. The number of anilines is 1. The number of likely N-dealkylation sites (tertiary alicyclic amines) is 1. The Morgan fingerprint density at radius 3 is 2.53 bits per heavy atom. The maximum Gasteiger partial charge on any atom is 0.264 e. The van der Waals surface area contributed by atoms with E-state index in [9.17, 15) is 4.79 Å². The first-order valence-corrected chi connectivity index (χ1v) is 11.1. The van der Waals surface area contributed by atoms with E-state index in [2.05, 4.69) is 35.2 Å². The molecule has 158 valence electrons. The van der Waals surface area contributed by atoms with E-state index < -0.39 is 11.1 Å². The number of fused-ring (bicyclic) bond motifs is 3. The van der Waals surface area contributed by atoms with Crippen molar-refractivity contribution in [2.75, 3.05) is 25.6 Å². The summed E-state index contributed by atoms with van der Waals surface area (Å²) in [6.07, 6.45) is 6.57. The summed E-state index contributed by atoms with van der Waals surface area (Å²) >= 11 is 0. The van der Waals surface area contributed by atoms with Gasteiger partial charge >= 0.3 is 0 Å². The van der Waals surface area contributed by atoms with E-state index in [-0.39, 0.29) is 5.91 Å². The Kier molecular flexibility index (Phi) is 4.55. The molecule has 2 N–H and O–H groups in total. The normalized spacial score (nSPS) is 28.6. The Labute approximate surface area is 178 Å². The molecule has 5 heteroatoms. The smallest absolute Gasteiger partial charge is 0.264 e. The molecule has 0 radical (unpaired) electrons. The highest BCUT2D eigenvalue weighted by Gasteiger charge is 2.69. The largest absolute Gasteiger partial charge is 0.497 e. The van der Waals surface area contributed by atoms with Crippen molar-refractivity contribution in [2.45, 2.75) is 55.6 Å². The van der Waals surface area contributed by atoms with Gasteiger partial charge in [-0.05, 0) is 36.5 Å². The molecule has 1 aliphatic carbocycles. The molecule has 0 aromatic heterocycles. The van der Waals surface area contributed by atoms with Gasteiger partial charge in [-0.3, -0.25) is 10.5 Å². The molecule has 0 bridgehead atoms. The summed E-state index contributed by atoms with van der Waals surface area (Å²) in [4.78, 5) is 18.1. The van der Waals surface area contributed by atoms with E-state index in [0.29, 0.717) is 12.6 Å². The minimum absolute atomic E-state index is 0.0722. The number of amides is 1. The molecule has 1 amide bonds. The van der Waals surface area contributed by atoms with E-state index in [0.717, 1.165) is 36.3 Å². The van der Waals surface area contributed by atoms with E-state index in [4.69, 9.17) is 10.5 Å². The van der Waals surface area contributed by atoms with Crippen LogP contribution >= 0.6 is 0 Å². The molecule has 2 aromatic rings. The number of nitrogens with zero attached hydrogens (tertiary/aromatic N) is 2. The van der Waals surface area contributed by atoms with Crippen molar-refractivity contribution in [3.8, 4) is 5.75 Å². The van der Waals surface area contributed by atoms with Crippen LogP contribution in [0.3, 0.4) is 0 Å². The third kappa shape index (κ3) is 2.54. The number of nitrogens with two attached hydrogens (primary N) is 1. The number of hydrogen-bond donors (Lipinski definition) is 1. The fraction of sp³-hybridized carbons (Fsp3) is 0.480. The highest BCUT2D eigenvalue weighted by Crippen LogP contribution is 2.56. The molecule has 3 aliphatic rings. The van der Waals surface area contributed by atoms with Gasteiger partial charge in [0.2, 0.25) is 0 Å². The molecule has 2 aromatic carbocycles. The fourth-order valence-electron chi connectivity index (χ4n) is 6.09. The molecule has 5 rings (SSSR count). The van der Waals surface area contributed by atoms with Gasteiger partial charge in [0, 0.05) is 31.4 Å². The van der Waals surface area contributed by atoms with Crippen LogP contribution in [0, 0.1) is 0 Å². The van der Waals surface area contributed by atoms with E-state index in [1.54, 1.807) is 7.11 Å². The first-order valence-electron chi connectivity index (χ1n) is 11.1. The van der Waals surface area contributed by atoms with Gasteiger partial charge in [-0.1, -0.05) is 55.7 Å². The third-order valence-corrected chi connectivity index (χ3v) is 7.73. The quantitative estimate of drug-likeness (QED) is 0.846. The van der Waals surface area contributed by atoms with Gasteiger partial charge in [-0.25, -0.2) is 0 Å². The number of rotatable bonds is 4. The molecule has 1 saturated heterocycles. The number of hydrogen-bond acceptors (Lipinski definition) is 4. The maximum absolute atomic E-state index is 14.0. The third-order valence-electron chi connectivity index (χ3n) is 7.73. The van der Waals surface area contributed by atoms with E-state index in [1.807, 2.05) is 30.1 Å². The van der Waals surface area contributed by atoms with Crippen LogP contribution in [0.2, 0.25) is 0 Å². The predicted molar refractivity (Wildman–Crippen MR) is 119 cm³/mol. The van der Waals surface area contributed by atoms with Crippen molar-refractivity contribution in [2.24, 2.45) is 5.73 Å². The lowest BCUT2D eigenvalue weighted by Gasteiger charge is -2.39. The van der Waals surface area contributed by atoms with Gasteiger partial charge in [0.25, 0.3) is 5.91 Å². The highest BCUT2D eigenvalue weighted by molar-refractivity contribution is 5.98. The van der Waals surface area contributed by atoms with Crippen molar-refractivity contribution >= 4 is 11.6 Å². The van der Waals surface area contributed by atoms with Gasteiger partial charge in [-0.15, -0.1) is 0 Å². The van der Waals surface area contributed by atoms with Crippen LogP contribution in [0.5, 0.6) is 5.75 Å². The Morgan fingerprint density at radius 2 is 1.83 bits per heavy atom. The number of benzene rings is 2. The van der Waals surface area contributed by atoms with Gasteiger partial charge in [0.15, 0.2) is 5.66 Å². The number of carbonyl (C=O) groups is 1. The van der Waals surface area contributed by atoms with Crippen LogP contribution in [0.4, 0.5) is 5.69 Å². The molecular formula is C25H31N3O2. The Morgan fingerprint density at radius 1 is 1.10 bits per heavy atom. The number of carbonyl (C=O) groups excluding carboxylic acids is 1. The Hall–Kier alpha value is -2.53. The van der Waals surface area contributed by atoms with Crippen LogP contribution in [-0.2, 0) is 16.6 Å². The van der Waals surface area contributed by atoms with Crippen molar-refractivity contribution < 1.29 is 9.53 Å². The molecule has 2 atom stereocenters. The second-order valence-corrected chi connectivity index (χ2v) is 9.18. The first-order chi connectivity index (χ1) is 14.5. The molecule has 0 unspecified atom stereocenters. The first kappa shape index (κ1) is 19.4. The summed E-state index contributed by atoms with van der Waals surface area (Å²) in [7, 11) is 3.64. The van der Waals surface area contributed by atoms with E-state index >= 15 is 0 Å². The van der Waals surface area contributed by atoms with Crippen LogP contribution < -0.4 is 15.4 Å². The van der Waals surface area contributed by atoms with Crippen LogP contribution in [-0.4, -0.2) is 43.2 Å². The summed E-state index contributed by atoms with van der Waals surface area (Å²) < 4.78 is 5.47. The summed E-state index contributed by atoms with van der Waals surface area (Å²) in [5.41, 5.74) is 8.96. The second kappa shape index (κ2) is 7.02.